The van der Waals surface area contributed by atoms with Gasteiger partial charge in [-0.1, -0.05) is 121 Å². The van der Waals surface area contributed by atoms with Crippen LogP contribution in [0.15, 0.2) is 143 Å². The molecule has 0 bridgehead atoms. The lowest BCUT2D eigenvalue weighted by molar-refractivity contribution is -0.245. The van der Waals surface area contributed by atoms with E-state index in [4.69, 9.17) is 24.6 Å². The van der Waals surface area contributed by atoms with Gasteiger partial charge in [-0.05, 0) is 41.8 Å². The SMILES string of the molecule is Nc1ccccc1NC(=O)CCCC(=O)Nc1cccc([C@H]2O[C@@H](CSc3nc(-c4ccccc4)c(-c4ccccc4)o3)C[C@@H](c3ccc(CO)cc3)O2)c1. The van der Waals surface area contributed by atoms with Crippen molar-refractivity contribution < 1.29 is 28.6 Å². The number of ether oxygens (including phenoxy) is 2. The van der Waals surface area contributed by atoms with E-state index in [9.17, 15) is 14.7 Å². The lowest BCUT2D eigenvalue weighted by Gasteiger charge is -2.36. The highest BCUT2D eigenvalue weighted by molar-refractivity contribution is 7.99. The molecule has 3 atom stereocenters. The van der Waals surface area contributed by atoms with Crippen LogP contribution in [0.2, 0.25) is 0 Å². The molecule has 2 heterocycles. The molecule has 11 heteroatoms. The third-order valence-electron chi connectivity index (χ3n) is 9.18. The van der Waals surface area contributed by atoms with Gasteiger partial charge in [0.1, 0.15) is 5.69 Å². The Morgan fingerprint density at radius 3 is 2.18 bits per heavy atom. The second-order valence-electron chi connectivity index (χ2n) is 13.2. The molecule has 1 saturated heterocycles. The lowest BCUT2D eigenvalue weighted by atomic mass is 10.0. The van der Waals surface area contributed by atoms with E-state index in [-0.39, 0.29) is 43.5 Å². The smallest absolute Gasteiger partial charge is 0.256 e. The number of nitrogens with one attached hydrogen (secondary N) is 2. The van der Waals surface area contributed by atoms with Gasteiger partial charge in [0.05, 0.1) is 30.2 Å². The quantitative estimate of drug-likeness (QED) is 0.0631. The Morgan fingerprint density at radius 2 is 1.45 bits per heavy atom. The van der Waals surface area contributed by atoms with Crippen molar-refractivity contribution in [2.75, 3.05) is 22.1 Å². The first kappa shape index (κ1) is 37.6. The van der Waals surface area contributed by atoms with Crippen LogP contribution in [0, 0.1) is 0 Å². The van der Waals surface area contributed by atoms with Gasteiger partial charge in [-0.25, -0.2) is 4.98 Å². The Kier molecular flexibility index (Phi) is 12.4. The molecule has 2 amide bonds. The summed E-state index contributed by atoms with van der Waals surface area (Å²) in [5.41, 5.74) is 12.8. The maximum Gasteiger partial charge on any atom is 0.256 e. The Labute approximate surface area is 324 Å². The molecule has 10 nitrogen and oxygen atoms in total. The van der Waals surface area contributed by atoms with Crippen LogP contribution < -0.4 is 16.4 Å². The largest absolute Gasteiger partial charge is 0.431 e. The molecule has 5 aromatic carbocycles. The van der Waals surface area contributed by atoms with Crippen molar-refractivity contribution in [2.24, 2.45) is 0 Å². The second kappa shape index (κ2) is 18.1. The van der Waals surface area contributed by atoms with Crippen LogP contribution in [-0.4, -0.2) is 33.8 Å². The van der Waals surface area contributed by atoms with Crippen molar-refractivity contribution in [2.45, 2.75) is 56.0 Å². The third kappa shape index (κ3) is 9.88. The number of thioether (sulfide) groups is 1. The third-order valence-corrected chi connectivity index (χ3v) is 10.1. The van der Waals surface area contributed by atoms with E-state index < -0.39 is 6.29 Å². The average molecular weight is 755 g/mol. The van der Waals surface area contributed by atoms with Gasteiger partial charge in [0.25, 0.3) is 5.22 Å². The minimum Gasteiger partial charge on any atom is -0.431 e. The molecule has 0 unspecified atom stereocenters. The summed E-state index contributed by atoms with van der Waals surface area (Å²) in [5, 5.41) is 15.9. The number of nitrogens with two attached hydrogens (primary N) is 1. The molecule has 1 aromatic heterocycles. The van der Waals surface area contributed by atoms with Crippen molar-refractivity contribution in [3.05, 3.63) is 150 Å². The minimum atomic E-state index is -0.725. The van der Waals surface area contributed by atoms with Crippen LogP contribution >= 0.6 is 11.8 Å². The van der Waals surface area contributed by atoms with Crippen molar-refractivity contribution >= 4 is 40.6 Å². The van der Waals surface area contributed by atoms with Crippen molar-refractivity contribution in [1.29, 1.82) is 0 Å². The van der Waals surface area contributed by atoms with Gasteiger partial charge >= 0.3 is 0 Å². The topological polar surface area (TPSA) is 149 Å². The number of nitrogen functional groups attached to an aromatic ring is 1. The number of carbonyl (C=O) groups excluding carboxylic acids is 2. The number of carbonyl (C=O) groups is 2. The van der Waals surface area contributed by atoms with E-state index in [0.717, 1.165) is 33.5 Å². The molecule has 5 N–H and O–H groups in total. The summed E-state index contributed by atoms with van der Waals surface area (Å²) in [6, 6.07) is 42.2. The van der Waals surface area contributed by atoms with E-state index in [1.165, 1.54) is 11.8 Å². The molecule has 1 aliphatic rings. The highest BCUT2D eigenvalue weighted by atomic mass is 32.2. The van der Waals surface area contributed by atoms with Crippen LogP contribution in [0.4, 0.5) is 17.1 Å². The Bertz CT molecular complexity index is 2140. The molecule has 0 saturated carbocycles. The fraction of sp³-hybridized carbons (Fsp3) is 0.205. The zero-order valence-corrected chi connectivity index (χ0v) is 30.9. The molecule has 55 heavy (non-hydrogen) atoms. The number of aromatic nitrogens is 1. The summed E-state index contributed by atoms with van der Waals surface area (Å²) >= 11 is 1.49. The second-order valence-corrected chi connectivity index (χ2v) is 14.2. The first-order valence-corrected chi connectivity index (χ1v) is 19.2. The molecule has 1 fully saturated rings. The number of rotatable bonds is 14. The molecular formula is C44H42N4O6S. The number of hydrogen-bond acceptors (Lipinski definition) is 9. The van der Waals surface area contributed by atoms with Gasteiger partial charge in [-0.3, -0.25) is 9.59 Å². The van der Waals surface area contributed by atoms with Gasteiger partial charge in [0, 0.05) is 47.4 Å². The molecular weight excluding hydrogens is 713 g/mol. The highest BCUT2D eigenvalue weighted by Crippen LogP contribution is 2.41. The maximum atomic E-state index is 12.9. The standard InChI is InChI=1S/C44H42N4O6S/c45-36-17-7-8-18-37(36)47-40(51)20-10-19-39(50)46-34-16-9-15-33(25-34)43-52-35(26-38(53-43)30-23-21-29(27-49)22-24-30)28-55-44-48-41(31-11-3-1-4-12-31)42(54-44)32-13-5-2-6-14-32/h1-9,11-18,21-25,35,38,43,49H,10,19-20,26-28,45H2,(H,46,50)(H,47,51)/t35-,38+,43+/m1/s1. The van der Waals surface area contributed by atoms with Crippen molar-refractivity contribution in [3.63, 3.8) is 0 Å². The van der Waals surface area contributed by atoms with E-state index in [1.807, 2.05) is 109 Å². The molecule has 0 spiro atoms. The summed E-state index contributed by atoms with van der Waals surface area (Å²) in [6.07, 6.45) is 0.0473. The van der Waals surface area contributed by atoms with Gasteiger partial charge in [0.2, 0.25) is 11.8 Å². The van der Waals surface area contributed by atoms with Crippen LogP contribution in [-0.2, 0) is 25.7 Å². The summed E-state index contributed by atoms with van der Waals surface area (Å²) in [5.74, 6) is 0.848. The fourth-order valence-corrected chi connectivity index (χ4v) is 7.19. The number of amides is 2. The van der Waals surface area contributed by atoms with Crippen LogP contribution in [0.5, 0.6) is 0 Å². The number of oxazole rings is 1. The molecule has 6 aromatic rings. The van der Waals surface area contributed by atoms with Gasteiger partial charge < -0.3 is 35.4 Å². The number of nitrogens with zero attached hydrogens (tertiary/aromatic N) is 1. The average Bonchev–Trinajstić information content (AvgIpc) is 3.66. The zero-order chi connectivity index (χ0) is 38.0. The normalized spacial score (nSPS) is 16.7. The van der Waals surface area contributed by atoms with Gasteiger partial charge in [-0.15, -0.1) is 0 Å². The van der Waals surface area contributed by atoms with Crippen LogP contribution in [0.25, 0.3) is 22.6 Å². The van der Waals surface area contributed by atoms with E-state index >= 15 is 0 Å². The molecule has 7 rings (SSSR count). The first-order valence-electron chi connectivity index (χ1n) is 18.2. The number of para-hydroxylation sites is 2. The van der Waals surface area contributed by atoms with Gasteiger partial charge in [-0.2, -0.15) is 0 Å². The minimum absolute atomic E-state index is 0.0442. The Morgan fingerprint density at radius 1 is 0.764 bits per heavy atom. The van der Waals surface area contributed by atoms with Crippen molar-refractivity contribution in [3.8, 4) is 22.6 Å². The summed E-state index contributed by atoms with van der Waals surface area (Å²) < 4.78 is 19.5. The maximum absolute atomic E-state index is 12.9. The van der Waals surface area contributed by atoms with Crippen molar-refractivity contribution in [1.82, 2.24) is 4.98 Å². The predicted octanol–water partition coefficient (Wildman–Crippen LogP) is 9.17. The predicted molar refractivity (Wildman–Crippen MR) is 215 cm³/mol. The number of aliphatic hydroxyl groups is 1. The van der Waals surface area contributed by atoms with Crippen LogP contribution in [0.1, 0.15) is 54.8 Å². The summed E-state index contributed by atoms with van der Waals surface area (Å²) in [4.78, 5) is 30.3. The van der Waals surface area contributed by atoms with Crippen LogP contribution in [0.3, 0.4) is 0 Å². The lowest BCUT2D eigenvalue weighted by Crippen LogP contribution is -2.31. The summed E-state index contributed by atoms with van der Waals surface area (Å²) in [6.45, 7) is -0.0442. The van der Waals surface area contributed by atoms with Gasteiger partial charge in [0.15, 0.2) is 12.1 Å². The number of anilines is 3. The van der Waals surface area contributed by atoms with E-state index in [0.29, 0.717) is 46.6 Å². The molecule has 0 aliphatic carbocycles. The molecule has 280 valence electrons. The first-order chi connectivity index (χ1) is 26.9. The zero-order valence-electron chi connectivity index (χ0n) is 30.1. The number of aliphatic hydroxyl groups excluding tert-OH is 1. The highest BCUT2D eigenvalue weighted by Gasteiger charge is 2.33. The summed E-state index contributed by atoms with van der Waals surface area (Å²) in [7, 11) is 0. The van der Waals surface area contributed by atoms with E-state index in [1.54, 1.807) is 24.3 Å². The Balaban J connectivity index is 1.03. The number of hydrogen-bond donors (Lipinski definition) is 4. The van der Waals surface area contributed by atoms with E-state index in [2.05, 4.69) is 10.6 Å². The monoisotopic (exact) mass is 754 g/mol. The fourth-order valence-electron chi connectivity index (χ4n) is 6.35. The number of benzene rings is 5. The molecule has 1 aliphatic heterocycles. The molecule has 0 radical (unpaired) electrons. The Hall–Kier alpha value is -5.72.